The molecule has 2 aromatic carbocycles. The van der Waals surface area contributed by atoms with Crippen molar-refractivity contribution in [2.24, 2.45) is 0 Å². The van der Waals surface area contributed by atoms with Gasteiger partial charge < -0.3 is 19.4 Å². The molecular formula is C19H17FN4O4. The first-order valence-corrected chi connectivity index (χ1v) is 8.20. The van der Waals surface area contributed by atoms with Crippen LogP contribution < -0.4 is 10.1 Å². The zero-order chi connectivity index (χ0) is 20.3. The second-order valence-corrected chi connectivity index (χ2v) is 5.96. The van der Waals surface area contributed by atoms with Crippen LogP contribution in [0.2, 0.25) is 0 Å². The molecule has 1 heterocycles. The van der Waals surface area contributed by atoms with Gasteiger partial charge in [-0.1, -0.05) is 12.1 Å². The number of hydrogen-bond donors (Lipinski definition) is 1. The van der Waals surface area contributed by atoms with Crippen molar-refractivity contribution >= 4 is 17.5 Å². The normalized spacial score (nSPS) is 10.4. The van der Waals surface area contributed by atoms with Crippen molar-refractivity contribution in [1.82, 2.24) is 15.1 Å². The number of halogens is 1. The van der Waals surface area contributed by atoms with Crippen molar-refractivity contribution in [3.63, 3.8) is 0 Å². The molecule has 0 radical (unpaired) electrons. The number of benzene rings is 2. The Kier molecular flexibility index (Phi) is 5.35. The lowest BCUT2D eigenvalue weighted by Gasteiger charge is -2.11. The molecule has 2 amide bonds. The molecule has 0 spiro atoms. The highest BCUT2D eigenvalue weighted by atomic mass is 19.1. The predicted octanol–water partition coefficient (Wildman–Crippen LogP) is 2.84. The minimum absolute atomic E-state index is 0.0919. The highest BCUT2D eigenvalue weighted by Gasteiger charge is 2.19. The topological polar surface area (TPSA) is 97.6 Å². The van der Waals surface area contributed by atoms with Crippen LogP contribution in [-0.4, -0.2) is 48.1 Å². The monoisotopic (exact) mass is 384 g/mol. The third-order valence-corrected chi connectivity index (χ3v) is 3.83. The van der Waals surface area contributed by atoms with Crippen molar-refractivity contribution < 1.29 is 23.1 Å². The maximum atomic E-state index is 13.9. The Morgan fingerprint density at radius 2 is 1.89 bits per heavy atom. The molecule has 0 saturated heterocycles. The molecule has 0 aliphatic heterocycles. The van der Waals surface area contributed by atoms with Gasteiger partial charge in [-0.15, -0.1) is 10.2 Å². The summed E-state index contributed by atoms with van der Waals surface area (Å²) >= 11 is 0. The van der Waals surface area contributed by atoms with E-state index in [4.69, 9.17) is 9.15 Å². The Hall–Kier alpha value is -3.75. The molecule has 8 nitrogen and oxygen atoms in total. The number of carbonyl (C=O) groups is 2. The van der Waals surface area contributed by atoms with Gasteiger partial charge in [0.1, 0.15) is 11.6 Å². The minimum atomic E-state index is -0.640. The lowest BCUT2D eigenvalue weighted by atomic mass is 10.1. The fourth-order valence-corrected chi connectivity index (χ4v) is 2.39. The van der Waals surface area contributed by atoms with Gasteiger partial charge in [0, 0.05) is 19.7 Å². The maximum Gasteiger partial charge on any atom is 0.310 e. The molecule has 0 unspecified atom stereocenters. The zero-order valence-electron chi connectivity index (χ0n) is 15.4. The lowest BCUT2D eigenvalue weighted by molar-refractivity contribution is 0.0789. The average molecular weight is 384 g/mol. The standard InChI is InChI=1S/C19H17FN4O4/c1-24(2)19(26)18-23-22-17(28-18)11-8-9-15(27-3)14(10-11)21-16(25)12-6-4-5-7-13(12)20/h4-10H,1-3H3,(H,21,25). The summed E-state index contributed by atoms with van der Waals surface area (Å²) in [6, 6.07) is 10.4. The van der Waals surface area contributed by atoms with Crippen molar-refractivity contribution in [2.45, 2.75) is 0 Å². The van der Waals surface area contributed by atoms with Gasteiger partial charge in [-0.3, -0.25) is 9.59 Å². The van der Waals surface area contributed by atoms with Crippen LogP contribution in [0, 0.1) is 5.82 Å². The van der Waals surface area contributed by atoms with Crippen molar-refractivity contribution in [1.29, 1.82) is 0 Å². The number of anilines is 1. The first-order chi connectivity index (χ1) is 13.4. The van der Waals surface area contributed by atoms with Crippen LogP contribution in [0.3, 0.4) is 0 Å². The molecular weight excluding hydrogens is 367 g/mol. The molecule has 1 aromatic heterocycles. The van der Waals surface area contributed by atoms with Crippen molar-refractivity contribution in [3.8, 4) is 17.2 Å². The van der Waals surface area contributed by atoms with Crippen molar-refractivity contribution in [3.05, 3.63) is 59.7 Å². The van der Waals surface area contributed by atoms with Crippen LogP contribution >= 0.6 is 0 Å². The number of ether oxygens (including phenoxy) is 1. The van der Waals surface area contributed by atoms with Gasteiger partial charge in [0.25, 0.3) is 5.91 Å². The number of methoxy groups -OCH3 is 1. The summed E-state index contributed by atoms with van der Waals surface area (Å²) in [6.07, 6.45) is 0. The molecule has 144 valence electrons. The van der Waals surface area contributed by atoms with Gasteiger partial charge >= 0.3 is 11.8 Å². The van der Waals surface area contributed by atoms with E-state index in [1.54, 1.807) is 32.3 Å². The quantitative estimate of drug-likeness (QED) is 0.726. The maximum absolute atomic E-state index is 13.9. The second-order valence-electron chi connectivity index (χ2n) is 5.96. The Balaban J connectivity index is 1.92. The first-order valence-electron chi connectivity index (χ1n) is 8.20. The van der Waals surface area contributed by atoms with E-state index in [1.165, 1.54) is 36.3 Å². The van der Waals surface area contributed by atoms with Crippen LogP contribution in [0.5, 0.6) is 5.75 Å². The predicted molar refractivity (Wildman–Crippen MR) is 98.7 cm³/mol. The Labute approximate surface area is 159 Å². The van der Waals surface area contributed by atoms with Crippen LogP contribution in [0.4, 0.5) is 10.1 Å². The lowest BCUT2D eigenvalue weighted by Crippen LogP contribution is -2.21. The number of hydrogen-bond acceptors (Lipinski definition) is 6. The molecule has 3 aromatic rings. The fourth-order valence-electron chi connectivity index (χ4n) is 2.39. The Bertz CT molecular complexity index is 1030. The number of nitrogens with one attached hydrogen (secondary N) is 1. The molecule has 1 N–H and O–H groups in total. The number of amides is 2. The van der Waals surface area contributed by atoms with Crippen molar-refractivity contribution in [2.75, 3.05) is 26.5 Å². The highest BCUT2D eigenvalue weighted by Crippen LogP contribution is 2.30. The number of carbonyl (C=O) groups excluding carboxylic acids is 2. The van der Waals surface area contributed by atoms with Gasteiger partial charge in [-0.25, -0.2) is 4.39 Å². The van der Waals surface area contributed by atoms with Gasteiger partial charge in [0.15, 0.2) is 0 Å². The molecule has 0 atom stereocenters. The minimum Gasteiger partial charge on any atom is -0.495 e. The average Bonchev–Trinajstić information content (AvgIpc) is 3.17. The number of nitrogens with zero attached hydrogens (tertiary/aromatic N) is 3. The molecule has 0 saturated carbocycles. The van der Waals surface area contributed by atoms with E-state index < -0.39 is 17.6 Å². The molecule has 0 aliphatic rings. The van der Waals surface area contributed by atoms with Crippen LogP contribution in [0.25, 0.3) is 11.5 Å². The van der Waals surface area contributed by atoms with Crippen LogP contribution in [-0.2, 0) is 0 Å². The molecule has 28 heavy (non-hydrogen) atoms. The SMILES string of the molecule is COc1ccc(-c2nnc(C(=O)N(C)C)o2)cc1NC(=O)c1ccccc1F. The zero-order valence-corrected chi connectivity index (χ0v) is 15.4. The molecule has 0 aliphatic carbocycles. The highest BCUT2D eigenvalue weighted by molar-refractivity contribution is 6.05. The van der Waals surface area contributed by atoms with E-state index in [-0.39, 0.29) is 23.0 Å². The van der Waals surface area contributed by atoms with E-state index in [0.29, 0.717) is 11.3 Å². The summed E-state index contributed by atoms with van der Waals surface area (Å²) in [4.78, 5) is 25.6. The summed E-state index contributed by atoms with van der Waals surface area (Å²) in [5.74, 6) is -1.42. The largest absolute Gasteiger partial charge is 0.495 e. The van der Waals surface area contributed by atoms with Crippen LogP contribution in [0.1, 0.15) is 21.0 Å². The Morgan fingerprint density at radius 3 is 2.57 bits per heavy atom. The van der Waals surface area contributed by atoms with Gasteiger partial charge in [-0.05, 0) is 30.3 Å². The second kappa shape index (κ2) is 7.87. The fraction of sp³-hybridized carbons (Fsp3) is 0.158. The smallest absolute Gasteiger partial charge is 0.310 e. The van der Waals surface area contributed by atoms with E-state index in [9.17, 15) is 14.0 Å². The summed E-state index contributed by atoms with van der Waals surface area (Å²) in [5.41, 5.74) is 0.633. The van der Waals surface area contributed by atoms with E-state index in [2.05, 4.69) is 15.5 Å². The van der Waals surface area contributed by atoms with Crippen LogP contribution in [0.15, 0.2) is 46.9 Å². The summed E-state index contributed by atoms with van der Waals surface area (Å²) < 4.78 is 24.5. The van der Waals surface area contributed by atoms with Gasteiger partial charge in [0.05, 0.1) is 18.4 Å². The van der Waals surface area contributed by atoms with Gasteiger partial charge in [-0.2, -0.15) is 0 Å². The van der Waals surface area contributed by atoms with E-state index >= 15 is 0 Å². The van der Waals surface area contributed by atoms with E-state index in [0.717, 1.165) is 0 Å². The molecule has 0 bridgehead atoms. The summed E-state index contributed by atoms with van der Waals surface area (Å²) in [7, 11) is 4.57. The Morgan fingerprint density at radius 1 is 1.14 bits per heavy atom. The number of aromatic nitrogens is 2. The summed E-state index contributed by atoms with van der Waals surface area (Å²) in [6.45, 7) is 0. The van der Waals surface area contributed by atoms with E-state index in [1.807, 2.05) is 0 Å². The first kappa shape index (κ1) is 19.0. The number of rotatable bonds is 5. The van der Waals surface area contributed by atoms with Gasteiger partial charge in [0.2, 0.25) is 5.89 Å². The molecule has 3 rings (SSSR count). The third-order valence-electron chi connectivity index (χ3n) is 3.83. The molecule has 9 heteroatoms. The molecule has 0 fully saturated rings. The summed E-state index contributed by atoms with van der Waals surface area (Å²) in [5, 5.41) is 10.2. The third kappa shape index (κ3) is 3.83.